The normalized spacial score (nSPS) is 11.9. The summed E-state index contributed by atoms with van der Waals surface area (Å²) in [7, 11) is 3.88. The third kappa shape index (κ3) is 6.70. The van der Waals surface area contributed by atoms with Crippen LogP contribution in [0.15, 0.2) is 42.5 Å². The summed E-state index contributed by atoms with van der Waals surface area (Å²) >= 11 is 0. The van der Waals surface area contributed by atoms with E-state index >= 15 is 0 Å². The van der Waals surface area contributed by atoms with Gasteiger partial charge in [-0.3, -0.25) is 4.79 Å². The quantitative estimate of drug-likeness (QED) is 0.562. The van der Waals surface area contributed by atoms with Crippen LogP contribution in [-0.2, 0) is 11.3 Å². The van der Waals surface area contributed by atoms with Crippen LogP contribution >= 0.6 is 0 Å². The summed E-state index contributed by atoms with van der Waals surface area (Å²) in [5, 5.41) is 5.74. The van der Waals surface area contributed by atoms with Crippen molar-refractivity contribution < 1.29 is 14.0 Å². The minimum Gasteiger partial charge on any atom is -0.377 e. The second kappa shape index (κ2) is 11.0. The number of nitrogens with one attached hydrogen (secondary N) is 2. The van der Waals surface area contributed by atoms with Gasteiger partial charge in [0.15, 0.2) is 0 Å². The van der Waals surface area contributed by atoms with Gasteiger partial charge in [-0.25, -0.2) is 9.18 Å². The van der Waals surface area contributed by atoms with Crippen molar-refractivity contribution in [3.63, 3.8) is 0 Å². The van der Waals surface area contributed by atoms with Gasteiger partial charge in [-0.2, -0.15) is 0 Å². The average Bonchev–Trinajstić information content (AvgIpc) is 2.71. The lowest BCUT2D eigenvalue weighted by Gasteiger charge is -2.33. The van der Waals surface area contributed by atoms with E-state index in [0.29, 0.717) is 17.9 Å². The topological polar surface area (TPSA) is 64.7 Å². The third-order valence-electron chi connectivity index (χ3n) is 5.49. The molecule has 6 nitrogen and oxygen atoms in total. The van der Waals surface area contributed by atoms with Crippen LogP contribution in [0.25, 0.3) is 0 Å². The first-order chi connectivity index (χ1) is 15.0. The molecule has 1 atom stereocenters. The highest BCUT2D eigenvalue weighted by Crippen LogP contribution is 2.27. The number of anilines is 3. The smallest absolute Gasteiger partial charge is 0.322 e. The lowest BCUT2D eigenvalue weighted by Crippen LogP contribution is -2.43. The lowest BCUT2D eigenvalue weighted by molar-refractivity contribution is -0.118. The molecule has 2 aromatic carbocycles. The predicted molar refractivity (Wildman–Crippen MR) is 129 cm³/mol. The van der Waals surface area contributed by atoms with E-state index in [2.05, 4.69) is 24.5 Å². The number of carbonyl (C=O) groups is 2. The second-order valence-electron chi connectivity index (χ2n) is 8.93. The summed E-state index contributed by atoms with van der Waals surface area (Å²) in [6, 6.07) is 11.2. The first-order valence-corrected chi connectivity index (χ1v) is 10.9. The number of rotatable bonds is 8. The second-order valence-corrected chi connectivity index (χ2v) is 8.93. The molecule has 0 aliphatic heterocycles. The Balaban J connectivity index is 2.38. The molecule has 0 bridgehead atoms. The molecule has 0 saturated carbocycles. The number of carbonyl (C=O) groups excluding carboxylic acids is 2. The summed E-state index contributed by atoms with van der Waals surface area (Å²) in [5.74, 6) is -0.402. The van der Waals surface area contributed by atoms with Crippen molar-refractivity contribution in [2.45, 2.75) is 47.2 Å². The number of hydrogen-bond acceptors (Lipinski definition) is 3. The molecular weight excluding hydrogens is 407 g/mol. The molecule has 0 unspecified atom stereocenters. The van der Waals surface area contributed by atoms with Crippen LogP contribution in [0.2, 0.25) is 0 Å². The molecule has 7 heteroatoms. The molecular formula is C25H35FN4O2. The van der Waals surface area contributed by atoms with Crippen LogP contribution in [0.3, 0.4) is 0 Å². The van der Waals surface area contributed by atoms with E-state index in [1.54, 1.807) is 17.0 Å². The molecule has 0 saturated heterocycles. The lowest BCUT2D eigenvalue weighted by atomic mass is 10.0. The van der Waals surface area contributed by atoms with Crippen molar-refractivity contribution >= 4 is 29.0 Å². The fourth-order valence-corrected chi connectivity index (χ4v) is 3.22. The maximum atomic E-state index is 13.6. The van der Waals surface area contributed by atoms with Gasteiger partial charge in [0.2, 0.25) is 5.91 Å². The van der Waals surface area contributed by atoms with Crippen molar-refractivity contribution in [1.82, 2.24) is 4.90 Å². The van der Waals surface area contributed by atoms with Gasteiger partial charge in [0, 0.05) is 49.7 Å². The van der Waals surface area contributed by atoms with Crippen LogP contribution in [0.5, 0.6) is 0 Å². The van der Waals surface area contributed by atoms with Crippen molar-refractivity contribution in [3.8, 4) is 0 Å². The Hall–Kier alpha value is -3.09. The highest BCUT2D eigenvalue weighted by Gasteiger charge is 2.25. The minimum atomic E-state index is -0.408. The Morgan fingerprint density at radius 3 is 2.16 bits per heavy atom. The number of urea groups is 1. The molecule has 32 heavy (non-hydrogen) atoms. The van der Waals surface area contributed by atoms with Gasteiger partial charge in [0.25, 0.3) is 0 Å². The number of amides is 3. The zero-order valence-electron chi connectivity index (χ0n) is 20.1. The molecule has 2 aromatic rings. The van der Waals surface area contributed by atoms with Gasteiger partial charge >= 0.3 is 6.03 Å². The molecule has 174 valence electrons. The van der Waals surface area contributed by atoms with Crippen molar-refractivity contribution in [3.05, 3.63) is 53.8 Å². The Morgan fingerprint density at radius 2 is 1.59 bits per heavy atom. The van der Waals surface area contributed by atoms with Crippen LogP contribution in [-0.4, -0.2) is 37.0 Å². The fourth-order valence-electron chi connectivity index (χ4n) is 3.22. The minimum absolute atomic E-state index is 0.0650. The van der Waals surface area contributed by atoms with E-state index in [1.165, 1.54) is 12.1 Å². The predicted octanol–water partition coefficient (Wildman–Crippen LogP) is 5.56. The summed E-state index contributed by atoms with van der Waals surface area (Å²) in [5.41, 5.74) is 2.94. The molecule has 0 aliphatic rings. The van der Waals surface area contributed by atoms with Crippen molar-refractivity contribution in [2.24, 2.45) is 11.8 Å². The van der Waals surface area contributed by atoms with Crippen LogP contribution in [0.1, 0.15) is 40.2 Å². The molecule has 2 rings (SSSR count). The van der Waals surface area contributed by atoms with Crippen molar-refractivity contribution in [1.29, 1.82) is 0 Å². The van der Waals surface area contributed by atoms with Crippen molar-refractivity contribution in [2.75, 3.05) is 29.6 Å². The van der Waals surface area contributed by atoms with Crippen LogP contribution in [0.4, 0.5) is 26.2 Å². The fraction of sp³-hybridized carbons (Fsp3) is 0.440. The Morgan fingerprint density at radius 1 is 0.938 bits per heavy atom. The highest BCUT2D eigenvalue weighted by molar-refractivity contribution is 5.92. The zero-order chi connectivity index (χ0) is 24.0. The maximum Gasteiger partial charge on any atom is 0.322 e. The molecule has 0 spiro atoms. The van der Waals surface area contributed by atoms with E-state index in [1.807, 2.05) is 58.0 Å². The Labute approximate surface area is 190 Å². The molecule has 3 amide bonds. The molecule has 2 N–H and O–H groups in total. The first-order valence-electron chi connectivity index (χ1n) is 10.9. The van der Waals surface area contributed by atoms with E-state index in [-0.39, 0.29) is 29.8 Å². The number of benzene rings is 2. The van der Waals surface area contributed by atoms with E-state index in [0.717, 1.165) is 11.3 Å². The van der Waals surface area contributed by atoms with Gasteiger partial charge in [0.1, 0.15) is 5.82 Å². The van der Waals surface area contributed by atoms with Gasteiger partial charge in [-0.05, 0) is 54.8 Å². The number of halogens is 1. The van der Waals surface area contributed by atoms with E-state index in [9.17, 15) is 14.0 Å². The highest BCUT2D eigenvalue weighted by atomic mass is 19.1. The van der Waals surface area contributed by atoms with Gasteiger partial charge in [0.05, 0.1) is 0 Å². The largest absolute Gasteiger partial charge is 0.377 e. The zero-order valence-corrected chi connectivity index (χ0v) is 20.1. The monoisotopic (exact) mass is 442 g/mol. The van der Waals surface area contributed by atoms with Gasteiger partial charge in [-0.1, -0.05) is 33.8 Å². The molecule has 0 aliphatic carbocycles. The molecule has 0 radical (unpaired) electrons. The average molecular weight is 443 g/mol. The summed E-state index contributed by atoms with van der Waals surface area (Å²) < 4.78 is 13.6. The molecule has 0 aromatic heterocycles. The van der Waals surface area contributed by atoms with Gasteiger partial charge < -0.3 is 20.4 Å². The third-order valence-corrected chi connectivity index (χ3v) is 5.49. The number of nitrogens with zero attached hydrogens (tertiary/aromatic N) is 2. The van der Waals surface area contributed by atoms with E-state index in [4.69, 9.17) is 0 Å². The van der Waals surface area contributed by atoms with Crippen LogP contribution < -0.4 is 15.5 Å². The van der Waals surface area contributed by atoms with E-state index < -0.39 is 5.82 Å². The molecule has 0 heterocycles. The first kappa shape index (κ1) is 25.2. The summed E-state index contributed by atoms with van der Waals surface area (Å²) in [4.78, 5) is 29.1. The standard InChI is InChI=1S/C25H35FN4O2/c1-16(2)18(5)30(25(32)28-21-10-8-9-20(26)14-21)15-19-13-22(27-24(31)17(3)4)11-12-23(19)29(6)7/h8-14,16-18H,15H2,1-7H3,(H,27,31)(H,28,32)/t18-/m1/s1. The van der Waals surface area contributed by atoms with Crippen LogP contribution in [0, 0.1) is 17.7 Å². The Kier molecular flexibility index (Phi) is 8.63. The summed E-state index contributed by atoms with van der Waals surface area (Å²) in [6.07, 6.45) is 0. The Bertz CT molecular complexity index is 943. The maximum absolute atomic E-state index is 13.6. The number of hydrogen-bond donors (Lipinski definition) is 2. The SMILES string of the molecule is CC(C)C(=O)Nc1ccc(N(C)C)c(CN(C(=O)Nc2cccc(F)c2)[C@H](C)C(C)C)c1. The summed E-state index contributed by atoms with van der Waals surface area (Å²) in [6.45, 7) is 10.1. The van der Waals surface area contributed by atoms with Gasteiger partial charge in [-0.15, -0.1) is 0 Å². The molecule has 0 fully saturated rings.